The van der Waals surface area contributed by atoms with E-state index in [9.17, 15) is 0 Å². The van der Waals surface area contributed by atoms with Gasteiger partial charge in [0.15, 0.2) is 5.82 Å². The molecular formula is C46H49ClN8. The molecule has 280 valence electrons. The standard InChI is InChI=1S/C23H24N4.C16H16ClN3.C7H9N/c1-16-8-6-7-9-20(16)27-21-14-19(24-5)15-25-22(21)26-18-12-10-17(11-13-18)23(2,3)4;1-16(2,3)11-5-7-12(8-6-11)20-15-14(17)9-13(18-4)10-19-15;1-6-4-2-3-5-7(6)8/h6-15,27H,1-4H3,(H,25,26);5-10H,1-3H3,(H,19,20);2-5H,8H2,1H3. The number of halogens is 1. The minimum atomic E-state index is 0.117. The molecule has 0 unspecified atom stereocenters. The number of aryl methyl sites for hydroxylation is 2. The van der Waals surface area contributed by atoms with Crippen LogP contribution in [0.5, 0.6) is 0 Å². The molecule has 6 rings (SSSR count). The minimum Gasteiger partial charge on any atom is -0.399 e. The lowest BCUT2D eigenvalue weighted by molar-refractivity contribution is 0.590. The van der Waals surface area contributed by atoms with E-state index in [0.29, 0.717) is 28.0 Å². The Bertz CT molecular complexity index is 2250. The van der Waals surface area contributed by atoms with Crippen molar-refractivity contribution in [2.75, 3.05) is 21.7 Å². The molecule has 0 spiro atoms. The van der Waals surface area contributed by atoms with E-state index in [-0.39, 0.29) is 10.8 Å². The Morgan fingerprint density at radius 3 is 1.45 bits per heavy atom. The first-order valence-electron chi connectivity index (χ1n) is 17.9. The zero-order valence-electron chi connectivity index (χ0n) is 32.8. The van der Waals surface area contributed by atoms with Crippen molar-refractivity contribution in [2.45, 2.75) is 66.2 Å². The average molecular weight is 749 g/mol. The molecule has 9 heteroatoms. The third kappa shape index (κ3) is 12.4. The largest absolute Gasteiger partial charge is 0.399 e. The Morgan fingerprint density at radius 2 is 1.02 bits per heavy atom. The molecule has 0 amide bonds. The first-order valence-corrected chi connectivity index (χ1v) is 18.2. The van der Waals surface area contributed by atoms with Crippen LogP contribution in [0.2, 0.25) is 5.02 Å². The highest BCUT2D eigenvalue weighted by molar-refractivity contribution is 6.33. The summed E-state index contributed by atoms with van der Waals surface area (Å²) in [5.41, 5.74) is 16.0. The maximum atomic E-state index is 7.27. The SMILES string of the molecule is Cc1ccccc1N.[C-]#[N+]c1cnc(Nc2ccc(C(C)(C)C)cc2)c(Cl)c1.[C-]#[N+]c1cnc(Nc2ccc(C(C)(C)C)cc2)c(Nc2ccccc2C)c1. The molecule has 2 heterocycles. The second-order valence-corrected chi connectivity index (χ2v) is 15.4. The fourth-order valence-corrected chi connectivity index (χ4v) is 5.32. The van der Waals surface area contributed by atoms with Gasteiger partial charge in [0.2, 0.25) is 11.4 Å². The van der Waals surface area contributed by atoms with Crippen molar-refractivity contribution in [1.29, 1.82) is 0 Å². The Labute approximate surface area is 331 Å². The molecule has 0 aliphatic carbocycles. The van der Waals surface area contributed by atoms with Crippen molar-refractivity contribution in [3.63, 3.8) is 0 Å². The van der Waals surface area contributed by atoms with Crippen LogP contribution in [0.4, 0.5) is 51.4 Å². The van der Waals surface area contributed by atoms with Gasteiger partial charge in [-0.25, -0.2) is 19.7 Å². The van der Waals surface area contributed by atoms with E-state index in [4.69, 9.17) is 30.5 Å². The van der Waals surface area contributed by atoms with Crippen LogP contribution in [0.3, 0.4) is 0 Å². The molecule has 0 fully saturated rings. The van der Waals surface area contributed by atoms with Crippen LogP contribution >= 0.6 is 11.6 Å². The number of benzene rings is 4. The van der Waals surface area contributed by atoms with Gasteiger partial charge in [-0.15, -0.1) is 0 Å². The predicted octanol–water partition coefficient (Wildman–Crippen LogP) is 13.6. The molecular weight excluding hydrogens is 700 g/mol. The molecule has 0 bridgehead atoms. The molecule has 0 atom stereocenters. The number of nitrogens with two attached hydrogens (primary N) is 1. The molecule has 0 saturated heterocycles. The first-order chi connectivity index (χ1) is 26.1. The molecule has 55 heavy (non-hydrogen) atoms. The Kier molecular flexibility index (Phi) is 14.0. The summed E-state index contributed by atoms with van der Waals surface area (Å²) in [5, 5.41) is 10.4. The zero-order valence-corrected chi connectivity index (χ0v) is 33.5. The van der Waals surface area contributed by atoms with Gasteiger partial charge in [-0.05, 0) is 95.5 Å². The summed E-state index contributed by atoms with van der Waals surface area (Å²) < 4.78 is 0. The maximum absolute atomic E-state index is 7.27. The quantitative estimate of drug-likeness (QED) is 0.100. The van der Waals surface area contributed by atoms with Gasteiger partial charge in [-0.3, -0.25) is 0 Å². The highest BCUT2D eigenvalue weighted by Gasteiger charge is 2.15. The average Bonchev–Trinajstić information content (AvgIpc) is 3.15. The van der Waals surface area contributed by atoms with Crippen molar-refractivity contribution in [3.05, 3.63) is 172 Å². The van der Waals surface area contributed by atoms with E-state index in [1.165, 1.54) is 17.3 Å². The van der Waals surface area contributed by atoms with Gasteiger partial charge in [-0.1, -0.05) is 114 Å². The van der Waals surface area contributed by atoms with E-state index < -0.39 is 0 Å². The van der Waals surface area contributed by atoms with Crippen molar-refractivity contribution in [3.8, 4) is 0 Å². The monoisotopic (exact) mass is 748 g/mol. The second kappa shape index (κ2) is 18.6. The number of nitrogens with one attached hydrogen (secondary N) is 3. The van der Waals surface area contributed by atoms with Crippen LogP contribution < -0.4 is 21.7 Å². The topological polar surface area (TPSA) is 96.6 Å². The van der Waals surface area contributed by atoms with Gasteiger partial charge in [0.1, 0.15) is 5.82 Å². The van der Waals surface area contributed by atoms with E-state index in [1.54, 1.807) is 12.3 Å². The fraction of sp³-hybridized carbons (Fsp3) is 0.217. The summed E-state index contributed by atoms with van der Waals surface area (Å²) in [4.78, 5) is 15.4. The predicted molar refractivity (Wildman–Crippen MR) is 233 cm³/mol. The van der Waals surface area contributed by atoms with Crippen molar-refractivity contribution in [1.82, 2.24) is 9.97 Å². The van der Waals surface area contributed by atoms with E-state index in [1.807, 2.05) is 80.6 Å². The van der Waals surface area contributed by atoms with E-state index in [0.717, 1.165) is 39.6 Å². The summed E-state index contributed by atoms with van der Waals surface area (Å²) >= 11 is 6.09. The molecule has 2 aromatic heterocycles. The normalized spacial score (nSPS) is 10.7. The second-order valence-electron chi connectivity index (χ2n) is 15.0. The molecule has 6 aromatic rings. The summed E-state index contributed by atoms with van der Waals surface area (Å²) in [5.74, 6) is 1.25. The highest BCUT2D eigenvalue weighted by Crippen LogP contribution is 2.33. The summed E-state index contributed by atoms with van der Waals surface area (Å²) in [6, 6.07) is 35.8. The minimum absolute atomic E-state index is 0.117. The van der Waals surface area contributed by atoms with Crippen molar-refractivity contribution < 1.29 is 0 Å². The van der Waals surface area contributed by atoms with Gasteiger partial charge < -0.3 is 21.7 Å². The summed E-state index contributed by atoms with van der Waals surface area (Å²) in [6.07, 6.45) is 3.09. The van der Waals surface area contributed by atoms with Crippen LogP contribution in [-0.4, -0.2) is 9.97 Å². The van der Waals surface area contributed by atoms with Crippen LogP contribution in [-0.2, 0) is 10.8 Å². The Balaban J connectivity index is 0.000000209. The highest BCUT2D eigenvalue weighted by atomic mass is 35.5. The third-order valence-corrected chi connectivity index (χ3v) is 8.88. The lowest BCUT2D eigenvalue weighted by Crippen LogP contribution is -2.10. The number of pyridine rings is 2. The number of anilines is 7. The van der Waals surface area contributed by atoms with Crippen LogP contribution in [0.1, 0.15) is 63.8 Å². The molecule has 4 aromatic carbocycles. The van der Waals surface area contributed by atoms with Crippen molar-refractivity contribution >= 4 is 63.0 Å². The lowest BCUT2D eigenvalue weighted by Gasteiger charge is -2.20. The third-order valence-electron chi connectivity index (χ3n) is 8.59. The summed E-state index contributed by atoms with van der Waals surface area (Å²) in [6.45, 7) is 31.4. The Morgan fingerprint density at radius 1 is 0.564 bits per heavy atom. The van der Waals surface area contributed by atoms with Crippen LogP contribution in [0, 0.1) is 27.0 Å². The van der Waals surface area contributed by atoms with Gasteiger partial charge >= 0.3 is 0 Å². The van der Waals surface area contributed by atoms with Crippen molar-refractivity contribution in [2.24, 2.45) is 0 Å². The lowest BCUT2D eigenvalue weighted by atomic mass is 9.87. The van der Waals surface area contributed by atoms with Crippen LogP contribution in [0.25, 0.3) is 9.69 Å². The number of para-hydroxylation sites is 2. The number of nitrogens with zero attached hydrogens (tertiary/aromatic N) is 4. The number of hydrogen-bond acceptors (Lipinski definition) is 6. The molecule has 8 nitrogen and oxygen atoms in total. The smallest absolute Gasteiger partial charge is 0.207 e. The molecule has 5 N–H and O–H groups in total. The number of rotatable bonds is 6. The zero-order chi connectivity index (χ0) is 40.2. The van der Waals surface area contributed by atoms with Gasteiger partial charge in [0, 0.05) is 35.1 Å². The van der Waals surface area contributed by atoms with Crippen LogP contribution in [0.15, 0.2) is 122 Å². The molecule has 0 radical (unpaired) electrons. The molecule has 0 saturated carbocycles. The van der Waals surface area contributed by atoms with E-state index >= 15 is 0 Å². The van der Waals surface area contributed by atoms with Gasteiger partial charge in [-0.2, -0.15) is 0 Å². The molecule has 0 aliphatic rings. The molecule has 0 aliphatic heterocycles. The first kappa shape index (κ1) is 41.4. The van der Waals surface area contributed by atoms with Gasteiger partial charge in [0.25, 0.3) is 0 Å². The number of hydrogen-bond donors (Lipinski definition) is 4. The fourth-order valence-electron chi connectivity index (χ4n) is 5.12. The Hall–Kier alpha value is -6.35. The summed E-state index contributed by atoms with van der Waals surface area (Å²) in [7, 11) is 0. The number of nitrogen functional groups attached to an aromatic ring is 1. The number of aromatic nitrogens is 2. The van der Waals surface area contributed by atoms with E-state index in [2.05, 4.69) is 114 Å². The maximum Gasteiger partial charge on any atom is 0.207 e. The van der Waals surface area contributed by atoms with Gasteiger partial charge in [0.05, 0.1) is 23.9 Å².